The quantitative estimate of drug-likeness (QED) is 0.746. The van der Waals surface area contributed by atoms with Gasteiger partial charge in [-0.15, -0.1) is 0 Å². The summed E-state index contributed by atoms with van der Waals surface area (Å²) in [6.45, 7) is 6.51. The Balaban J connectivity index is 1.28. The average Bonchev–Trinajstić information content (AvgIpc) is 3.02. The molecule has 0 amide bonds. The lowest BCUT2D eigenvalue weighted by Crippen LogP contribution is -2.58. The van der Waals surface area contributed by atoms with Crippen LogP contribution in [0.25, 0.3) is 0 Å². The van der Waals surface area contributed by atoms with Gasteiger partial charge in [-0.25, -0.2) is 4.98 Å². The number of aromatic nitrogens is 1. The van der Waals surface area contributed by atoms with Gasteiger partial charge < -0.3 is 20.1 Å². The molecule has 0 atom stereocenters. The molecule has 1 aromatic heterocycles. The molecule has 5 heterocycles. The molecule has 4 aliphatic rings. The molecule has 0 unspecified atom stereocenters. The molecule has 3 fully saturated rings. The molecule has 4 aliphatic heterocycles. The number of anilines is 2. The van der Waals surface area contributed by atoms with Crippen LogP contribution in [0.3, 0.4) is 0 Å². The lowest BCUT2D eigenvalue weighted by atomic mass is 9.87. The summed E-state index contributed by atoms with van der Waals surface area (Å²) in [5.41, 5.74) is 5.11. The van der Waals surface area contributed by atoms with Crippen LogP contribution in [0.5, 0.6) is 5.75 Å². The zero-order valence-electron chi connectivity index (χ0n) is 19.0. The number of fused-ring (bicyclic) bond motifs is 2. The van der Waals surface area contributed by atoms with E-state index in [1.807, 2.05) is 6.20 Å². The van der Waals surface area contributed by atoms with Crippen molar-refractivity contribution in [2.24, 2.45) is 0 Å². The van der Waals surface area contributed by atoms with E-state index in [1.54, 1.807) is 0 Å². The van der Waals surface area contributed by atoms with E-state index in [1.165, 1.54) is 11.1 Å². The minimum Gasteiger partial charge on any atom is -0.485 e. The van der Waals surface area contributed by atoms with Crippen LogP contribution in [0.1, 0.15) is 59.8 Å². The molecule has 0 radical (unpaired) electrons. The van der Waals surface area contributed by atoms with Crippen LogP contribution >= 0.6 is 0 Å². The lowest BCUT2D eigenvalue weighted by molar-refractivity contribution is 0.0849. The zero-order valence-corrected chi connectivity index (χ0v) is 19.0. The summed E-state index contributed by atoms with van der Waals surface area (Å²) >= 11 is 0. The Labute approximate surface area is 195 Å². The first-order valence-corrected chi connectivity index (χ1v) is 12.3. The summed E-state index contributed by atoms with van der Waals surface area (Å²) in [7, 11) is 0. The second-order valence-electron chi connectivity index (χ2n) is 9.71. The molecule has 7 nitrogen and oxygen atoms in total. The van der Waals surface area contributed by atoms with Crippen LogP contribution in [0.4, 0.5) is 11.5 Å². The van der Waals surface area contributed by atoms with Gasteiger partial charge in [-0.05, 0) is 79.9 Å². The topological polar surface area (TPSA) is 82.4 Å². The van der Waals surface area contributed by atoms with Crippen LogP contribution in [0.2, 0.25) is 0 Å². The van der Waals surface area contributed by atoms with Gasteiger partial charge in [0.2, 0.25) is 0 Å². The summed E-state index contributed by atoms with van der Waals surface area (Å²) in [5, 5.41) is 16.9. The molecule has 0 bridgehead atoms. The maximum Gasteiger partial charge on any atom is 0.161 e. The van der Waals surface area contributed by atoms with Gasteiger partial charge in [0.25, 0.3) is 0 Å². The van der Waals surface area contributed by atoms with Crippen LogP contribution < -0.4 is 15.4 Å². The second-order valence-corrected chi connectivity index (χ2v) is 9.71. The fourth-order valence-electron chi connectivity index (χ4n) is 5.78. The summed E-state index contributed by atoms with van der Waals surface area (Å²) in [6, 6.07) is 9.46. The molecule has 1 aromatic carbocycles. The zero-order chi connectivity index (χ0) is 22.2. The van der Waals surface area contributed by atoms with Crippen LogP contribution in [0, 0.1) is 11.3 Å². The van der Waals surface area contributed by atoms with E-state index in [0.717, 1.165) is 82.1 Å². The molecule has 2 N–H and O–H groups in total. The van der Waals surface area contributed by atoms with Crippen LogP contribution in [-0.2, 0) is 11.3 Å². The van der Waals surface area contributed by atoms with Crippen molar-refractivity contribution in [2.75, 3.05) is 44.7 Å². The number of nitrogens with one attached hydrogen (secondary N) is 2. The van der Waals surface area contributed by atoms with Crippen molar-refractivity contribution in [1.82, 2.24) is 15.2 Å². The molecule has 6 rings (SSSR count). The molecule has 172 valence electrons. The van der Waals surface area contributed by atoms with E-state index in [9.17, 15) is 5.26 Å². The Morgan fingerprint density at radius 1 is 1.06 bits per heavy atom. The molecule has 7 heteroatoms. The first-order valence-electron chi connectivity index (χ1n) is 12.3. The van der Waals surface area contributed by atoms with Gasteiger partial charge in [-0.1, -0.05) is 0 Å². The average molecular weight is 446 g/mol. The van der Waals surface area contributed by atoms with Crippen molar-refractivity contribution in [3.05, 3.63) is 46.6 Å². The van der Waals surface area contributed by atoms with Gasteiger partial charge in [0, 0.05) is 44.1 Å². The van der Waals surface area contributed by atoms with Crippen molar-refractivity contribution in [2.45, 2.75) is 50.2 Å². The van der Waals surface area contributed by atoms with Crippen molar-refractivity contribution < 1.29 is 9.47 Å². The Kier molecular flexibility index (Phi) is 5.67. The van der Waals surface area contributed by atoms with Crippen LogP contribution in [-0.4, -0.2) is 55.3 Å². The van der Waals surface area contributed by atoms with Gasteiger partial charge in [0.15, 0.2) is 5.75 Å². The van der Waals surface area contributed by atoms with Gasteiger partial charge in [-0.3, -0.25) is 4.90 Å². The van der Waals surface area contributed by atoms with E-state index < -0.39 is 0 Å². The highest BCUT2D eigenvalue weighted by atomic mass is 16.5. The third kappa shape index (κ3) is 3.97. The van der Waals surface area contributed by atoms with E-state index >= 15 is 0 Å². The maximum absolute atomic E-state index is 9.94. The number of pyridine rings is 1. The van der Waals surface area contributed by atoms with E-state index in [-0.39, 0.29) is 0 Å². The summed E-state index contributed by atoms with van der Waals surface area (Å²) in [6.07, 6.45) is 6.19. The first-order chi connectivity index (χ1) is 16.3. The molecule has 33 heavy (non-hydrogen) atoms. The normalized spacial score (nSPS) is 22.2. The van der Waals surface area contributed by atoms with Crippen molar-refractivity contribution in [1.29, 1.82) is 5.26 Å². The predicted molar refractivity (Wildman–Crippen MR) is 126 cm³/mol. The minimum atomic E-state index is 0.428. The number of nitriles is 1. The predicted octanol–water partition coefficient (Wildman–Crippen LogP) is 3.63. The molecule has 3 saturated heterocycles. The highest BCUT2D eigenvalue weighted by molar-refractivity contribution is 5.73. The van der Waals surface area contributed by atoms with Gasteiger partial charge in [0.05, 0.1) is 11.3 Å². The largest absolute Gasteiger partial charge is 0.485 e. The first kappa shape index (κ1) is 20.9. The smallest absolute Gasteiger partial charge is 0.161 e. The third-order valence-corrected chi connectivity index (χ3v) is 7.88. The van der Waals surface area contributed by atoms with E-state index in [2.05, 4.69) is 44.8 Å². The second kappa shape index (κ2) is 8.94. The SMILES string of the molecule is N#Cc1cc(C2CCN(C3CNC3)CC2)cc2c1OCc1c(C3CCOCC3)ccnc1N2. The van der Waals surface area contributed by atoms with E-state index in [4.69, 9.17) is 9.47 Å². The number of likely N-dealkylation sites (tertiary alicyclic amines) is 1. The fraction of sp³-hybridized carbons (Fsp3) is 0.538. The number of benzene rings is 1. The summed E-state index contributed by atoms with van der Waals surface area (Å²) < 4.78 is 11.8. The number of hydrogen-bond donors (Lipinski definition) is 2. The fourth-order valence-corrected chi connectivity index (χ4v) is 5.78. The van der Waals surface area contributed by atoms with Crippen molar-refractivity contribution in [3.63, 3.8) is 0 Å². The van der Waals surface area contributed by atoms with Crippen LogP contribution in [0.15, 0.2) is 24.4 Å². The van der Waals surface area contributed by atoms with E-state index in [0.29, 0.717) is 35.8 Å². The standard InChI is InChI=1S/C26H31N5O2/c27-13-20-11-19(17-2-7-31(8-3-17)21-14-28-15-21)12-24-25(20)33-16-23-22(1-6-29-26(23)30-24)18-4-9-32-10-5-18/h1,6,11-12,17-18,21,28H,2-5,7-10,14-16H2,(H,29,30). The van der Waals surface area contributed by atoms with Gasteiger partial charge in [-0.2, -0.15) is 5.26 Å². The molecular formula is C26H31N5O2. The summed E-state index contributed by atoms with van der Waals surface area (Å²) in [5.74, 6) is 2.43. The minimum absolute atomic E-state index is 0.428. The highest BCUT2D eigenvalue weighted by Crippen LogP contribution is 2.42. The number of ether oxygens (including phenoxy) is 2. The Morgan fingerprint density at radius 3 is 2.61 bits per heavy atom. The summed E-state index contributed by atoms with van der Waals surface area (Å²) in [4.78, 5) is 7.27. The highest BCUT2D eigenvalue weighted by Gasteiger charge is 2.31. The van der Waals surface area contributed by atoms with Gasteiger partial charge in [0.1, 0.15) is 18.5 Å². The molecule has 0 spiro atoms. The lowest BCUT2D eigenvalue weighted by Gasteiger charge is -2.42. The third-order valence-electron chi connectivity index (χ3n) is 7.88. The van der Waals surface area contributed by atoms with Gasteiger partial charge >= 0.3 is 0 Å². The maximum atomic E-state index is 9.94. The molecule has 2 aromatic rings. The number of nitrogens with zero attached hydrogens (tertiary/aromatic N) is 3. The van der Waals surface area contributed by atoms with Crippen molar-refractivity contribution in [3.8, 4) is 11.8 Å². The number of rotatable bonds is 3. The number of hydrogen-bond acceptors (Lipinski definition) is 7. The molecule has 0 saturated carbocycles. The monoisotopic (exact) mass is 445 g/mol. The Hall–Kier alpha value is -2.66. The number of piperidine rings is 1. The molecular weight excluding hydrogens is 414 g/mol. The molecule has 0 aliphatic carbocycles. The Morgan fingerprint density at radius 2 is 1.88 bits per heavy atom. The Bertz CT molecular complexity index is 1060. The van der Waals surface area contributed by atoms with Crippen molar-refractivity contribution >= 4 is 11.5 Å².